The molecule has 4 atom stereocenters. The van der Waals surface area contributed by atoms with Gasteiger partial charge in [-0.2, -0.15) is 0 Å². The number of nitrogens with zero attached hydrogens (tertiary/aromatic N) is 1. The van der Waals surface area contributed by atoms with Crippen molar-refractivity contribution in [1.29, 1.82) is 0 Å². The van der Waals surface area contributed by atoms with E-state index in [2.05, 4.69) is 5.32 Å². The van der Waals surface area contributed by atoms with Crippen LogP contribution in [0.25, 0.3) is 0 Å². The Morgan fingerprint density at radius 2 is 1.45 bits per heavy atom. The van der Waals surface area contributed by atoms with E-state index in [4.69, 9.17) is 0 Å². The molecular weight excluding hydrogens is 284 g/mol. The second-order valence-electron chi connectivity index (χ2n) is 7.05. The van der Waals surface area contributed by atoms with Crippen molar-refractivity contribution in [2.75, 3.05) is 0 Å². The molecule has 22 heavy (non-hydrogen) atoms. The topological polar surface area (TPSA) is 83.6 Å². The highest BCUT2D eigenvalue weighted by molar-refractivity contribution is 6.16. The fourth-order valence-corrected chi connectivity index (χ4v) is 5.01. The van der Waals surface area contributed by atoms with Gasteiger partial charge in [0.2, 0.25) is 17.7 Å². The summed E-state index contributed by atoms with van der Waals surface area (Å²) in [6.07, 6.45) is 5.98. The van der Waals surface area contributed by atoms with Crippen LogP contribution in [0.1, 0.15) is 51.4 Å². The molecule has 0 spiro atoms. The van der Waals surface area contributed by atoms with E-state index in [1.54, 1.807) is 0 Å². The van der Waals surface area contributed by atoms with Crippen molar-refractivity contribution >= 4 is 23.6 Å². The first-order valence-electron chi connectivity index (χ1n) is 8.30. The molecule has 2 heterocycles. The Morgan fingerprint density at radius 3 is 2.09 bits per heavy atom. The highest BCUT2D eigenvalue weighted by atomic mass is 16.2. The molecule has 2 aliphatic carbocycles. The number of carbonyl (C=O) groups excluding carboxylic acids is 4. The molecule has 4 unspecified atom stereocenters. The van der Waals surface area contributed by atoms with Crippen LogP contribution in [0.4, 0.5) is 0 Å². The number of nitrogens with one attached hydrogen (secondary N) is 1. The molecule has 2 saturated heterocycles. The van der Waals surface area contributed by atoms with Gasteiger partial charge in [0.1, 0.15) is 5.54 Å². The van der Waals surface area contributed by atoms with E-state index < -0.39 is 17.4 Å². The summed E-state index contributed by atoms with van der Waals surface area (Å²) in [6, 6.07) is 0. The van der Waals surface area contributed by atoms with Gasteiger partial charge in [-0.1, -0.05) is 25.7 Å². The fourth-order valence-electron chi connectivity index (χ4n) is 5.01. The van der Waals surface area contributed by atoms with Crippen molar-refractivity contribution < 1.29 is 19.2 Å². The number of rotatable bonds is 1. The van der Waals surface area contributed by atoms with Crippen LogP contribution in [0.2, 0.25) is 0 Å². The Bertz CT molecular complexity index is 563. The zero-order valence-electron chi connectivity index (χ0n) is 12.5. The van der Waals surface area contributed by atoms with Crippen molar-refractivity contribution in [2.45, 2.75) is 56.9 Å². The number of fused-ring (bicyclic) bond motifs is 2. The zero-order valence-corrected chi connectivity index (χ0v) is 12.5. The quantitative estimate of drug-likeness (QED) is 0.725. The lowest BCUT2D eigenvalue weighted by Gasteiger charge is -2.41. The van der Waals surface area contributed by atoms with E-state index >= 15 is 0 Å². The first kappa shape index (κ1) is 13.9. The minimum atomic E-state index is -1.24. The van der Waals surface area contributed by atoms with Gasteiger partial charge in [0.25, 0.3) is 5.91 Å². The van der Waals surface area contributed by atoms with E-state index in [9.17, 15) is 19.2 Å². The van der Waals surface area contributed by atoms with Gasteiger partial charge < -0.3 is 0 Å². The maximum atomic E-state index is 12.9. The second-order valence-corrected chi connectivity index (χ2v) is 7.05. The third-order valence-corrected chi connectivity index (χ3v) is 6.06. The van der Waals surface area contributed by atoms with Crippen LogP contribution in [-0.2, 0) is 19.2 Å². The molecule has 2 aliphatic heterocycles. The van der Waals surface area contributed by atoms with Crippen LogP contribution in [0.5, 0.6) is 0 Å². The van der Waals surface area contributed by atoms with Gasteiger partial charge in [0.15, 0.2) is 0 Å². The minimum Gasteiger partial charge on any atom is -0.294 e. The van der Waals surface area contributed by atoms with Gasteiger partial charge in [-0.15, -0.1) is 0 Å². The van der Waals surface area contributed by atoms with Crippen LogP contribution < -0.4 is 5.32 Å². The van der Waals surface area contributed by atoms with E-state index in [-0.39, 0.29) is 29.6 Å². The molecule has 4 amide bonds. The minimum absolute atomic E-state index is 0.216. The molecule has 4 rings (SSSR count). The summed E-state index contributed by atoms with van der Waals surface area (Å²) in [5.41, 5.74) is -1.24. The number of imide groups is 2. The predicted molar refractivity (Wildman–Crippen MR) is 75.1 cm³/mol. The van der Waals surface area contributed by atoms with E-state index in [1.807, 2.05) is 0 Å². The summed E-state index contributed by atoms with van der Waals surface area (Å²) in [7, 11) is 0. The average molecular weight is 304 g/mol. The number of hydrogen-bond acceptors (Lipinski definition) is 4. The van der Waals surface area contributed by atoms with Crippen molar-refractivity contribution in [3.8, 4) is 0 Å². The second kappa shape index (κ2) is 4.64. The fraction of sp³-hybridized carbons (Fsp3) is 0.750. The summed E-state index contributed by atoms with van der Waals surface area (Å²) >= 11 is 0. The molecule has 4 aliphatic rings. The average Bonchev–Trinajstić information content (AvgIpc) is 2.93. The summed E-state index contributed by atoms with van der Waals surface area (Å²) in [6.45, 7) is 0. The van der Waals surface area contributed by atoms with Gasteiger partial charge in [-0.3, -0.25) is 29.4 Å². The molecule has 0 bridgehead atoms. The Kier molecular flexibility index (Phi) is 2.93. The Labute approximate surface area is 128 Å². The van der Waals surface area contributed by atoms with Gasteiger partial charge in [0.05, 0.1) is 17.8 Å². The normalized spacial score (nSPS) is 41.5. The molecule has 0 aromatic rings. The maximum Gasteiger partial charge on any atom is 0.253 e. The predicted octanol–water partition coefficient (Wildman–Crippen LogP) is 0.747. The van der Waals surface area contributed by atoms with Crippen LogP contribution in [0.15, 0.2) is 0 Å². The van der Waals surface area contributed by atoms with Crippen LogP contribution >= 0.6 is 0 Å². The Hall–Kier alpha value is -1.72. The highest BCUT2D eigenvalue weighted by Crippen LogP contribution is 2.48. The summed E-state index contributed by atoms with van der Waals surface area (Å²) in [4.78, 5) is 51.6. The van der Waals surface area contributed by atoms with Crippen LogP contribution in [0, 0.1) is 17.8 Å². The lowest BCUT2D eigenvalue weighted by Crippen LogP contribution is -2.61. The number of hydrogen-bond donors (Lipinski definition) is 1. The van der Waals surface area contributed by atoms with Crippen LogP contribution in [0.3, 0.4) is 0 Å². The SMILES string of the molecule is O=C1NC(=O)C2(N3C(=O)C4CCCCC4C3=O)CCCCC12. The summed E-state index contributed by atoms with van der Waals surface area (Å²) in [5.74, 6) is -2.30. The smallest absolute Gasteiger partial charge is 0.253 e. The van der Waals surface area contributed by atoms with Gasteiger partial charge >= 0.3 is 0 Å². The lowest BCUT2D eigenvalue weighted by atomic mass is 9.73. The molecule has 4 fully saturated rings. The standard InChI is InChI=1S/C16H20N2O4/c19-12-11-7-3-4-8-16(11,15(22)17-12)18-13(20)9-5-1-2-6-10(9)14(18)21/h9-11H,1-8H2,(H,17,19,22). The molecule has 6 heteroatoms. The number of amides is 4. The first-order chi connectivity index (χ1) is 10.6. The lowest BCUT2D eigenvalue weighted by molar-refractivity contribution is -0.157. The Morgan fingerprint density at radius 1 is 0.864 bits per heavy atom. The van der Waals surface area contributed by atoms with Crippen molar-refractivity contribution in [2.24, 2.45) is 17.8 Å². The molecule has 2 saturated carbocycles. The van der Waals surface area contributed by atoms with Gasteiger partial charge in [-0.05, 0) is 25.7 Å². The molecule has 0 aromatic carbocycles. The van der Waals surface area contributed by atoms with Crippen LogP contribution in [-0.4, -0.2) is 34.1 Å². The third kappa shape index (κ3) is 1.55. The summed E-state index contributed by atoms with van der Waals surface area (Å²) < 4.78 is 0. The number of likely N-dealkylation sites (tertiary alicyclic amines) is 1. The Balaban J connectivity index is 1.78. The largest absolute Gasteiger partial charge is 0.294 e. The zero-order chi connectivity index (χ0) is 15.5. The first-order valence-corrected chi connectivity index (χ1v) is 8.30. The maximum absolute atomic E-state index is 12.9. The van der Waals surface area contributed by atoms with E-state index in [0.717, 1.165) is 38.5 Å². The monoisotopic (exact) mass is 304 g/mol. The van der Waals surface area contributed by atoms with Crippen molar-refractivity contribution in [1.82, 2.24) is 10.2 Å². The van der Waals surface area contributed by atoms with Crippen molar-refractivity contribution in [3.63, 3.8) is 0 Å². The highest BCUT2D eigenvalue weighted by Gasteiger charge is 2.66. The van der Waals surface area contributed by atoms with Crippen molar-refractivity contribution in [3.05, 3.63) is 0 Å². The molecule has 0 aromatic heterocycles. The third-order valence-electron chi connectivity index (χ3n) is 6.06. The molecule has 1 N–H and O–H groups in total. The van der Waals surface area contributed by atoms with E-state index in [1.165, 1.54) is 4.90 Å². The number of carbonyl (C=O) groups is 4. The molecular formula is C16H20N2O4. The molecule has 118 valence electrons. The molecule has 0 radical (unpaired) electrons. The van der Waals surface area contributed by atoms with E-state index in [0.29, 0.717) is 12.8 Å². The summed E-state index contributed by atoms with van der Waals surface area (Å²) in [5, 5.41) is 2.37. The van der Waals surface area contributed by atoms with Gasteiger partial charge in [0, 0.05) is 0 Å². The van der Waals surface area contributed by atoms with Gasteiger partial charge in [-0.25, -0.2) is 0 Å². The molecule has 6 nitrogen and oxygen atoms in total.